The normalized spacial score (nSPS) is 12.3. The first kappa shape index (κ1) is 13.9. The lowest BCUT2D eigenvalue weighted by Crippen LogP contribution is -2.39. The van der Waals surface area contributed by atoms with Crippen molar-refractivity contribution in [3.05, 3.63) is 0 Å². The van der Waals surface area contributed by atoms with Crippen LogP contribution < -0.4 is 0 Å². The summed E-state index contributed by atoms with van der Waals surface area (Å²) in [6.45, 7) is 8.43. The second-order valence-electron chi connectivity index (χ2n) is 3.77. The zero-order chi connectivity index (χ0) is 11.8. The van der Waals surface area contributed by atoms with Gasteiger partial charge >= 0.3 is 0 Å². The molecule has 0 aliphatic carbocycles. The highest BCUT2D eigenvalue weighted by Gasteiger charge is 2.14. The molecule has 0 aromatic carbocycles. The molecule has 0 spiro atoms. The van der Waals surface area contributed by atoms with Crippen LogP contribution in [0.5, 0.6) is 0 Å². The maximum Gasteiger partial charge on any atom is 0.236 e. The lowest BCUT2D eigenvalue weighted by atomic mass is 10.2. The van der Waals surface area contributed by atoms with Crippen molar-refractivity contribution in [2.75, 3.05) is 33.2 Å². The summed E-state index contributed by atoms with van der Waals surface area (Å²) in [5, 5.41) is 8.70. The minimum absolute atomic E-state index is 0.0234. The molecule has 1 atom stereocenters. The van der Waals surface area contributed by atoms with Crippen molar-refractivity contribution >= 4 is 5.91 Å². The van der Waals surface area contributed by atoms with E-state index in [4.69, 9.17) is 5.26 Å². The van der Waals surface area contributed by atoms with Crippen LogP contribution in [-0.4, -0.2) is 48.9 Å². The average molecular weight is 211 g/mol. The summed E-state index contributed by atoms with van der Waals surface area (Å²) < 4.78 is 0. The van der Waals surface area contributed by atoms with Crippen LogP contribution in [-0.2, 0) is 4.79 Å². The Morgan fingerprint density at radius 2 is 2.00 bits per heavy atom. The molecule has 0 aliphatic rings. The molecule has 86 valence electrons. The fourth-order valence-electron chi connectivity index (χ4n) is 1.22. The van der Waals surface area contributed by atoms with E-state index in [0.717, 1.165) is 13.1 Å². The van der Waals surface area contributed by atoms with Crippen molar-refractivity contribution in [1.82, 2.24) is 9.80 Å². The molecule has 4 heteroatoms. The first-order chi connectivity index (χ1) is 7.04. The Hall–Kier alpha value is -1.08. The molecule has 0 aliphatic heterocycles. The van der Waals surface area contributed by atoms with Crippen LogP contribution in [0.1, 0.15) is 20.8 Å². The maximum atomic E-state index is 11.6. The van der Waals surface area contributed by atoms with Gasteiger partial charge in [0.05, 0.1) is 18.5 Å². The predicted molar refractivity (Wildman–Crippen MR) is 60.2 cm³/mol. The van der Waals surface area contributed by atoms with Gasteiger partial charge in [0.2, 0.25) is 5.91 Å². The molecule has 0 bridgehead atoms. The topological polar surface area (TPSA) is 47.3 Å². The smallest absolute Gasteiger partial charge is 0.236 e. The molecule has 15 heavy (non-hydrogen) atoms. The summed E-state index contributed by atoms with van der Waals surface area (Å²) >= 11 is 0. The monoisotopic (exact) mass is 211 g/mol. The highest BCUT2D eigenvalue weighted by atomic mass is 16.2. The maximum absolute atomic E-state index is 11.6. The summed E-state index contributed by atoms with van der Waals surface area (Å²) in [7, 11) is 1.80. The second kappa shape index (κ2) is 7.24. The summed E-state index contributed by atoms with van der Waals surface area (Å²) in [4.78, 5) is 15.3. The van der Waals surface area contributed by atoms with Gasteiger partial charge in [-0.3, -0.25) is 9.69 Å². The van der Waals surface area contributed by atoms with Gasteiger partial charge in [-0.2, -0.15) is 5.26 Å². The van der Waals surface area contributed by atoms with Crippen LogP contribution in [0.25, 0.3) is 0 Å². The fraction of sp³-hybridized carbons (Fsp3) is 0.818. The third-order valence-electron chi connectivity index (χ3n) is 2.46. The molecule has 0 N–H and O–H groups in total. The highest BCUT2D eigenvalue weighted by Crippen LogP contribution is 1.99. The predicted octanol–water partition coefficient (Wildman–Crippen LogP) is 0.946. The SMILES string of the molecule is CCN(CC(=O)N(C)CC)CC(C)C#N. The van der Waals surface area contributed by atoms with Crippen LogP contribution in [0.4, 0.5) is 0 Å². The van der Waals surface area contributed by atoms with Crippen LogP contribution in [0.3, 0.4) is 0 Å². The number of carbonyl (C=O) groups excluding carboxylic acids is 1. The molecule has 1 unspecified atom stereocenters. The molecular weight excluding hydrogens is 190 g/mol. The molecule has 0 saturated heterocycles. The first-order valence-electron chi connectivity index (χ1n) is 5.41. The van der Waals surface area contributed by atoms with Gasteiger partial charge < -0.3 is 4.90 Å². The number of nitrogens with zero attached hydrogens (tertiary/aromatic N) is 3. The summed E-state index contributed by atoms with van der Waals surface area (Å²) in [6.07, 6.45) is 0. The third kappa shape index (κ3) is 5.38. The number of hydrogen-bond acceptors (Lipinski definition) is 3. The molecule has 0 saturated carbocycles. The van der Waals surface area contributed by atoms with Gasteiger partial charge in [-0.25, -0.2) is 0 Å². The fourth-order valence-corrected chi connectivity index (χ4v) is 1.22. The zero-order valence-corrected chi connectivity index (χ0v) is 10.2. The summed E-state index contributed by atoms with van der Waals surface area (Å²) in [5.74, 6) is 0.0918. The Bertz CT molecular complexity index is 234. The van der Waals surface area contributed by atoms with E-state index in [9.17, 15) is 4.79 Å². The van der Waals surface area contributed by atoms with Gasteiger partial charge in [-0.05, 0) is 20.4 Å². The van der Waals surface area contributed by atoms with E-state index in [0.29, 0.717) is 13.1 Å². The van der Waals surface area contributed by atoms with Crippen molar-refractivity contribution in [3.63, 3.8) is 0 Å². The van der Waals surface area contributed by atoms with Crippen LogP contribution >= 0.6 is 0 Å². The molecule has 4 nitrogen and oxygen atoms in total. The van der Waals surface area contributed by atoms with E-state index >= 15 is 0 Å². The van der Waals surface area contributed by atoms with Crippen molar-refractivity contribution in [1.29, 1.82) is 5.26 Å². The number of nitriles is 1. The van der Waals surface area contributed by atoms with Gasteiger partial charge in [0, 0.05) is 20.1 Å². The molecule has 0 aromatic heterocycles. The average Bonchev–Trinajstić information content (AvgIpc) is 2.26. The van der Waals surface area contributed by atoms with E-state index < -0.39 is 0 Å². The quantitative estimate of drug-likeness (QED) is 0.657. The van der Waals surface area contributed by atoms with Gasteiger partial charge in [0.15, 0.2) is 0 Å². The number of carbonyl (C=O) groups is 1. The number of amides is 1. The summed E-state index contributed by atoms with van der Waals surface area (Å²) in [6, 6.07) is 2.18. The van der Waals surface area contributed by atoms with Crippen molar-refractivity contribution in [2.24, 2.45) is 5.92 Å². The molecule has 0 rings (SSSR count). The van der Waals surface area contributed by atoms with Gasteiger partial charge in [-0.1, -0.05) is 6.92 Å². The molecule has 0 fully saturated rings. The largest absolute Gasteiger partial charge is 0.345 e. The van der Waals surface area contributed by atoms with Crippen LogP contribution in [0.15, 0.2) is 0 Å². The first-order valence-corrected chi connectivity index (χ1v) is 5.41. The number of hydrogen-bond donors (Lipinski definition) is 0. The lowest BCUT2D eigenvalue weighted by Gasteiger charge is -2.23. The third-order valence-corrected chi connectivity index (χ3v) is 2.46. The van der Waals surface area contributed by atoms with Gasteiger partial charge in [0.1, 0.15) is 0 Å². The van der Waals surface area contributed by atoms with E-state index in [1.807, 2.05) is 25.7 Å². The summed E-state index contributed by atoms with van der Waals surface area (Å²) in [5.41, 5.74) is 0. The Kier molecular flexibility index (Phi) is 6.72. The Labute approximate surface area is 92.5 Å². The molecule has 0 aromatic rings. The van der Waals surface area contributed by atoms with Crippen molar-refractivity contribution in [2.45, 2.75) is 20.8 Å². The minimum atomic E-state index is -0.0234. The zero-order valence-electron chi connectivity index (χ0n) is 10.2. The van der Waals surface area contributed by atoms with Gasteiger partial charge in [0.25, 0.3) is 0 Å². The highest BCUT2D eigenvalue weighted by molar-refractivity contribution is 5.77. The minimum Gasteiger partial charge on any atom is -0.345 e. The van der Waals surface area contributed by atoms with Gasteiger partial charge in [-0.15, -0.1) is 0 Å². The Balaban J connectivity index is 4.10. The Morgan fingerprint density at radius 3 is 2.40 bits per heavy atom. The molecule has 1 amide bonds. The number of rotatable bonds is 6. The van der Waals surface area contributed by atoms with E-state index in [1.165, 1.54) is 0 Å². The Morgan fingerprint density at radius 1 is 1.40 bits per heavy atom. The van der Waals surface area contributed by atoms with Crippen LogP contribution in [0.2, 0.25) is 0 Å². The van der Waals surface area contributed by atoms with E-state index in [1.54, 1.807) is 11.9 Å². The van der Waals surface area contributed by atoms with Crippen molar-refractivity contribution < 1.29 is 4.79 Å². The molecule has 0 radical (unpaired) electrons. The molecular formula is C11H21N3O. The number of likely N-dealkylation sites (N-methyl/N-ethyl adjacent to an activating group) is 2. The molecule has 0 heterocycles. The van der Waals surface area contributed by atoms with E-state index in [-0.39, 0.29) is 11.8 Å². The second-order valence-corrected chi connectivity index (χ2v) is 3.77. The van der Waals surface area contributed by atoms with Crippen LogP contribution in [0, 0.1) is 17.2 Å². The van der Waals surface area contributed by atoms with Crippen molar-refractivity contribution in [3.8, 4) is 6.07 Å². The lowest BCUT2D eigenvalue weighted by molar-refractivity contribution is -0.130. The standard InChI is InChI=1S/C11H21N3O/c1-5-13(4)11(15)9-14(6-2)8-10(3)7-12/h10H,5-6,8-9H2,1-4H3. The van der Waals surface area contributed by atoms with E-state index in [2.05, 4.69) is 6.07 Å².